The summed E-state index contributed by atoms with van der Waals surface area (Å²) < 4.78 is 0. The molecule has 2 rings (SSSR count). The van der Waals surface area contributed by atoms with Gasteiger partial charge in [0.05, 0.1) is 0 Å². The standard InChI is InChI=1S/C16H26N2/c1-16(2,13-17)10-12-18-11-6-5-8-14-7-3-4-9-15(14)18/h3-4,7,9H,5-6,8,10-13,17H2,1-2H3. The summed E-state index contributed by atoms with van der Waals surface area (Å²) in [5.74, 6) is 0. The minimum absolute atomic E-state index is 0.251. The lowest BCUT2D eigenvalue weighted by atomic mass is 9.89. The molecule has 0 unspecified atom stereocenters. The number of aryl methyl sites for hydroxylation is 1. The van der Waals surface area contributed by atoms with Gasteiger partial charge in [-0.25, -0.2) is 0 Å². The predicted molar refractivity (Wildman–Crippen MR) is 79.0 cm³/mol. The molecule has 2 N–H and O–H groups in total. The first-order valence-electron chi connectivity index (χ1n) is 7.15. The third kappa shape index (κ3) is 3.26. The van der Waals surface area contributed by atoms with Crippen molar-refractivity contribution >= 4 is 5.69 Å². The lowest BCUT2D eigenvalue weighted by molar-refractivity contribution is 0.349. The maximum absolute atomic E-state index is 5.83. The van der Waals surface area contributed by atoms with Crippen LogP contribution in [-0.2, 0) is 6.42 Å². The minimum atomic E-state index is 0.251. The van der Waals surface area contributed by atoms with E-state index in [1.54, 1.807) is 0 Å². The topological polar surface area (TPSA) is 29.3 Å². The molecule has 0 bridgehead atoms. The Morgan fingerprint density at radius 3 is 2.78 bits per heavy atom. The van der Waals surface area contributed by atoms with E-state index in [4.69, 9.17) is 5.73 Å². The predicted octanol–water partition coefficient (Wildman–Crippen LogP) is 3.20. The molecule has 1 aliphatic heterocycles. The molecular formula is C16H26N2. The van der Waals surface area contributed by atoms with Gasteiger partial charge in [-0.15, -0.1) is 0 Å². The molecule has 0 saturated carbocycles. The van der Waals surface area contributed by atoms with Crippen molar-refractivity contribution in [3.63, 3.8) is 0 Å². The Balaban J connectivity index is 2.08. The van der Waals surface area contributed by atoms with Gasteiger partial charge in [0.1, 0.15) is 0 Å². The van der Waals surface area contributed by atoms with Crippen LogP contribution in [-0.4, -0.2) is 19.6 Å². The van der Waals surface area contributed by atoms with Crippen molar-refractivity contribution in [1.29, 1.82) is 0 Å². The monoisotopic (exact) mass is 246 g/mol. The average molecular weight is 246 g/mol. The Morgan fingerprint density at radius 2 is 2.00 bits per heavy atom. The molecule has 0 aliphatic carbocycles. The van der Waals surface area contributed by atoms with E-state index in [9.17, 15) is 0 Å². The highest BCUT2D eigenvalue weighted by Crippen LogP contribution is 2.28. The fraction of sp³-hybridized carbons (Fsp3) is 0.625. The second kappa shape index (κ2) is 5.75. The molecule has 1 aromatic carbocycles. The molecule has 0 radical (unpaired) electrons. The van der Waals surface area contributed by atoms with Crippen LogP contribution in [0, 0.1) is 5.41 Å². The maximum Gasteiger partial charge on any atom is 0.0398 e. The SMILES string of the molecule is CC(C)(CN)CCN1CCCCc2ccccc21. The summed E-state index contributed by atoms with van der Waals surface area (Å²) in [7, 11) is 0. The fourth-order valence-electron chi connectivity index (χ4n) is 2.54. The van der Waals surface area contributed by atoms with E-state index < -0.39 is 0 Å². The number of anilines is 1. The van der Waals surface area contributed by atoms with E-state index in [0.717, 1.165) is 19.5 Å². The molecule has 1 heterocycles. The molecule has 0 atom stereocenters. The van der Waals surface area contributed by atoms with E-state index >= 15 is 0 Å². The van der Waals surface area contributed by atoms with Crippen molar-refractivity contribution < 1.29 is 0 Å². The number of benzene rings is 1. The van der Waals surface area contributed by atoms with E-state index in [1.807, 2.05) is 0 Å². The van der Waals surface area contributed by atoms with Crippen LogP contribution in [0.15, 0.2) is 24.3 Å². The number of nitrogens with zero attached hydrogens (tertiary/aromatic N) is 1. The van der Waals surface area contributed by atoms with Crippen LogP contribution in [0.2, 0.25) is 0 Å². The molecule has 2 nitrogen and oxygen atoms in total. The lowest BCUT2D eigenvalue weighted by Gasteiger charge is -2.30. The zero-order chi connectivity index (χ0) is 13.0. The summed E-state index contributed by atoms with van der Waals surface area (Å²) in [4.78, 5) is 2.56. The summed E-state index contributed by atoms with van der Waals surface area (Å²) in [6.45, 7) is 7.61. The molecule has 2 heteroatoms. The number of hydrogen-bond donors (Lipinski definition) is 1. The molecule has 18 heavy (non-hydrogen) atoms. The van der Waals surface area contributed by atoms with Gasteiger partial charge in [0.2, 0.25) is 0 Å². The second-order valence-corrected chi connectivity index (χ2v) is 6.19. The van der Waals surface area contributed by atoms with Gasteiger partial charge in [0.15, 0.2) is 0 Å². The Morgan fingerprint density at radius 1 is 1.22 bits per heavy atom. The summed E-state index contributed by atoms with van der Waals surface area (Å²) >= 11 is 0. The molecule has 1 aliphatic rings. The summed E-state index contributed by atoms with van der Waals surface area (Å²) in [5, 5.41) is 0. The summed E-state index contributed by atoms with van der Waals surface area (Å²) in [6.07, 6.45) is 5.01. The second-order valence-electron chi connectivity index (χ2n) is 6.19. The number of rotatable bonds is 4. The first kappa shape index (κ1) is 13.4. The van der Waals surface area contributed by atoms with Gasteiger partial charge >= 0.3 is 0 Å². The van der Waals surface area contributed by atoms with Crippen LogP contribution in [0.4, 0.5) is 5.69 Å². The third-order valence-electron chi connectivity index (χ3n) is 4.07. The van der Waals surface area contributed by atoms with E-state index in [-0.39, 0.29) is 5.41 Å². The zero-order valence-corrected chi connectivity index (χ0v) is 11.8. The van der Waals surface area contributed by atoms with Crippen LogP contribution >= 0.6 is 0 Å². The van der Waals surface area contributed by atoms with E-state index in [2.05, 4.69) is 43.0 Å². The van der Waals surface area contributed by atoms with Gasteiger partial charge in [-0.2, -0.15) is 0 Å². The molecule has 0 saturated heterocycles. The van der Waals surface area contributed by atoms with Crippen molar-refractivity contribution in [3.05, 3.63) is 29.8 Å². The van der Waals surface area contributed by atoms with Crippen LogP contribution < -0.4 is 10.6 Å². The Labute approximate surface area is 111 Å². The summed E-state index contributed by atoms with van der Waals surface area (Å²) in [5.41, 5.74) is 9.04. The number of fused-ring (bicyclic) bond motifs is 1. The Bertz CT molecular complexity index is 384. The lowest BCUT2D eigenvalue weighted by Crippen LogP contribution is -2.32. The molecule has 0 spiro atoms. The van der Waals surface area contributed by atoms with Crippen LogP contribution in [0.3, 0.4) is 0 Å². The van der Waals surface area contributed by atoms with Gasteiger partial charge in [0, 0.05) is 18.8 Å². The highest BCUT2D eigenvalue weighted by molar-refractivity contribution is 5.54. The Hall–Kier alpha value is -1.02. The van der Waals surface area contributed by atoms with Crippen molar-refractivity contribution in [2.75, 3.05) is 24.5 Å². The first-order chi connectivity index (χ1) is 8.62. The van der Waals surface area contributed by atoms with Gasteiger partial charge < -0.3 is 10.6 Å². The molecule has 0 fully saturated rings. The van der Waals surface area contributed by atoms with Crippen molar-refractivity contribution in [2.45, 2.75) is 39.5 Å². The van der Waals surface area contributed by atoms with Crippen molar-refractivity contribution in [3.8, 4) is 0 Å². The Kier molecular flexibility index (Phi) is 4.28. The smallest absolute Gasteiger partial charge is 0.0398 e. The highest BCUT2D eigenvalue weighted by atomic mass is 15.1. The normalized spacial score (nSPS) is 16.3. The van der Waals surface area contributed by atoms with Gasteiger partial charge in [-0.05, 0) is 49.3 Å². The van der Waals surface area contributed by atoms with Gasteiger partial charge in [-0.3, -0.25) is 0 Å². The molecule has 0 aromatic heterocycles. The minimum Gasteiger partial charge on any atom is -0.371 e. The largest absolute Gasteiger partial charge is 0.371 e. The van der Waals surface area contributed by atoms with E-state index in [0.29, 0.717) is 0 Å². The summed E-state index contributed by atoms with van der Waals surface area (Å²) in [6, 6.07) is 8.87. The third-order valence-corrected chi connectivity index (χ3v) is 4.07. The average Bonchev–Trinajstić information content (AvgIpc) is 2.59. The highest BCUT2D eigenvalue weighted by Gasteiger charge is 2.19. The number of hydrogen-bond acceptors (Lipinski definition) is 2. The molecule has 0 amide bonds. The van der Waals surface area contributed by atoms with Crippen LogP contribution in [0.1, 0.15) is 38.7 Å². The van der Waals surface area contributed by atoms with Crippen molar-refractivity contribution in [1.82, 2.24) is 0 Å². The zero-order valence-electron chi connectivity index (χ0n) is 11.8. The van der Waals surface area contributed by atoms with E-state index in [1.165, 1.54) is 37.1 Å². The fourth-order valence-corrected chi connectivity index (χ4v) is 2.54. The number of nitrogens with two attached hydrogens (primary N) is 1. The van der Waals surface area contributed by atoms with Gasteiger partial charge in [-0.1, -0.05) is 32.0 Å². The molecular weight excluding hydrogens is 220 g/mol. The van der Waals surface area contributed by atoms with Gasteiger partial charge in [0.25, 0.3) is 0 Å². The quantitative estimate of drug-likeness (QED) is 0.884. The molecule has 100 valence electrons. The number of para-hydroxylation sites is 1. The van der Waals surface area contributed by atoms with Crippen LogP contribution in [0.25, 0.3) is 0 Å². The molecule has 1 aromatic rings. The maximum atomic E-state index is 5.83. The first-order valence-corrected chi connectivity index (χ1v) is 7.15. The van der Waals surface area contributed by atoms with Crippen LogP contribution in [0.5, 0.6) is 0 Å². The van der Waals surface area contributed by atoms with Crippen molar-refractivity contribution in [2.24, 2.45) is 11.1 Å².